The van der Waals surface area contributed by atoms with E-state index in [1.165, 1.54) is 0 Å². The number of carbonyl (C=O) groups is 1. The number of nitrogens with one attached hydrogen (secondary N) is 2. The van der Waals surface area contributed by atoms with Crippen molar-refractivity contribution in [1.82, 2.24) is 9.97 Å². The van der Waals surface area contributed by atoms with Crippen LogP contribution in [0.15, 0.2) is 35.3 Å². The monoisotopic (exact) mass is 275 g/mol. The smallest absolute Gasteiger partial charge is 0.342 e. The maximum absolute atomic E-state index is 11.5. The molecule has 0 saturated heterocycles. The Morgan fingerprint density at radius 2 is 2.10 bits per heavy atom. The zero-order valence-corrected chi connectivity index (χ0v) is 10.7. The fourth-order valence-electron chi connectivity index (χ4n) is 1.55. The second-order valence-corrected chi connectivity index (χ2v) is 3.86. The van der Waals surface area contributed by atoms with E-state index in [9.17, 15) is 9.59 Å². The fourth-order valence-corrected chi connectivity index (χ4v) is 1.55. The molecular formula is C13H13N3O4. The number of aromatic amines is 1. The summed E-state index contributed by atoms with van der Waals surface area (Å²) in [6.07, 6.45) is 1.01. The second-order valence-electron chi connectivity index (χ2n) is 3.86. The lowest BCUT2D eigenvalue weighted by atomic mass is 10.3. The predicted octanol–water partition coefficient (Wildman–Crippen LogP) is 1.61. The van der Waals surface area contributed by atoms with E-state index < -0.39 is 17.1 Å². The number of H-pyrrole nitrogens is 1. The Labute approximate surface area is 114 Å². The van der Waals surface area contributed by atoms with Gasteiger partial charge in [0.25, 0.3) is 5.56 Å². The minimum Gasteiger partial charge on any atom is -0.494 e. The first-order valence-corrected chi connectivity index (χ1v) is 5.92. The molecule has 3 N–H and O–H groups in total. The van der Waals surface area contributed by atoms with Crippen molar-refractivity contribution < 1.29 is 14.6 Å². The number of aromatic carboxylic acids is 1. The molecule has 1 heterocycles. The van der Waals surface area contributed by atoms with Gasteiger partial charge < -0.3 is 15.2 Å². The molecule has 0 bridgehead atoms. The SMILES string of the molecule is CCOc1ccc(Nc2ncc(C(=O)O)c(=O)[nH]2)cc1. The highest BCUT2D eigenvalue weighted by atomic mass is 16.5. The predicted molar refractivity (Wildman–Crippen MR) is 72.7 cm³/mol. The highest BCUT2D eigenvalue weighted by molar-refractivity contribution is 5.86. The molecular weight excluding hydrogens is 262 g/mol. The van der Waals surface area contributed by atoms with Gasteiger partial charge in [-0.25, -0.2) is 9.78 Å². The van der Waals surface area contributed by atoms with E-state index >= 15 is 0 Å². The number of aromatic nitrogens is 2. The number of rotatable bonds is 5. The van der Waals surface area contributed by atoms with Crippen LogP contribution in [0.25, 0.3) is 0 Å². The van der Waals surface area contributed by atoms with Gasteiger partial charge in [-0.05, 0) is 31.2 Å². The summed E-state index contributed by atoms with van der Waals surface area (Å²) >= 11 is 0. The minimum absolute atomic E-state index is 0.171. The molecule has 1 aromatic heterocycles. The first-order valence-electron chi connectivity index (χ1n) is 5.92. The van der Waals surface area contributed by atoms with Gasteiger partial charge in [-0.1, -0.05) is 0 Å². The third kappa shape index (κ3) is 3.14. The summed E-state index contributed by atoms with van der Waals surface area (Å²) in [6.45, 7) is 2.48. The molecule has 2 aromatic rings. The zero-order chi connectivity index (χ0) is 14.5. The molecule has 0 spiro atoms. The van der Waals surface area contributed by atoms with Gasteiger partial charge in [-0.3, -0.25) is 9.78 Å². The number of nitrogens with zero attached hydrogens (tertiary/aromatic N) is 1. The van der Waals surface area contributed by atoms with Crippen LogP contribution < -0.4 is 15.6 Å². The molecule has 0 saturated carbocycles. The Morgan fingerprint density at radius 3 is 2.65 bits per heavy atom. The summed E-state index contributed by atoms with van der Waals surface area (Å²) in [5, 5.41) is 11.6. The third-order valence-corrected chi connectivity index (χ3v) is 2.46. The molecule has 0 fully saturated rings. The molecule has 0 aliphatic carbocycles. The Hall–Kier alpha value is -2.83. The lowest BCUT2D eigenvalue weighted by Crippen LogP contribution is -2.19. The molecule has 104 valence electrons. The van der Waals surface area contributed by atoms with Gasteiger partial charge >= 0.3 is 5.97 Å². The lowest BCUT2D eigenvalue weighted by Gasteiger charge is -2.07. The van der Waals surface area contributed by atoms with E-state index in [1.807, 2.05) is 6.92 Å². The fraction of sp³-hybridized carbons (Fsp3) is 0.154. The number of carboxylic acids is 1. The summed E-state index contributed by atoms with van der Waals surface area (Å²) < 4.78 is 5.31. The molecule has 0 radical (unpaired) electrons. The van der Waals surface area contributed by atoms with Crippen molar-refractivity contribution in [2.24, 2.45) is 0 Å². The van der Waals surface area contributed by atoms with E-state index in [4.69, 9.17) is 9.84 Å². The normalized spacial score (nSPS) is 10.1. The van der Waals surface area contributed by atoms with E-state index in [2.05, 4.69) is 15.3 Å². The molecule has 0 amide bonds. The van der Waals surface area contributed by atoms with Crippen LogP contribution in [0.1, 0.15) is 17.3 Å². The standard InChI is InChI=1S/C13H13N3O4/c1-2-20-9-5-3-8(4-6-9)15-13-14-7-10(12(18)19)11(17)16-13/h3-7H,2H2,1H3,(H,18,19)(H2,14,15,16,17). The lowest BCUT2D eigenvalue weighted by molar-refractivity contribution is 0.0694. The first kappa shape index (κ1) is 13.6. The van der Waals surface area contributed by atoms with Crippen LogP contribution in [0, 0.1) is 0 Å². The Morgan fingerprint density at radius 1 is 1.40 bits per heavy atom. The van der Waals surface area contributed by atoms with Gasteiger partial charge in [-0.15, -0.1) is 0 Å². The Balaban J connectivity index is 2.15. The molecule has 0 atom stereocenters. The van der Waals surface area contributed by atoms with E-state index in [1.54, 1.807) is 24.3 Å². The number of hydrogen-bond acceptors (Lipinski definition) is 5. The molecule has 7 nitrogen and oxygen atoms in total. The van der Waals surface area contributed by atoms with Crippen LogP contribution in [0.5, 0.6) is 5.75 Å². The van der Waals surface area contributed by atoms with Crippen LogP contribution in [-0.4, -0.2) is 27.7 Å². The second kappa shape index (κ2) is 5.87. The minimum atomic E-state index is -1.31. The summed E-state index contributed by atoms with van der Waals surface area (Å²) in [4.78, 5) is 28.4. The number of ether oxygens (including phenoxy) is 1. The van der Waals surface area contributed by atoms with Gasteiger partial charge in [0.2, 0.25) is 5.95 Å². The molecule has 2 rings (SSSR count). The first-order chi connectivity index (χ1) is 9.60. The van der Waals surface area contributed by atoms with Crippen molar-refractivity contribution >= 4 is 17.6 Å². The molecule has 0 aliphatic rings. The average molecular weight is 275 g/mol. The van der Waals surface area contributed by atoms with E-state index in [0.29, 0.717) is 12.3 Å². The van der Waals surface area contributed by atoms with E-state index in [0.717, 1.165) is 11.9 Å². The Kier molecular flexibility index (Phi) is 3.99. The van der Waals surface area contributed by atoms with Crippen molar-refractivity contribution in [2.45, 2.75) is 6.92 Å². The maximum Gasteiger partial charge on any atom is 0.342 e. The van der Waals surface area contributed by atoms with Crippen molar-refractivity contribution in [3.8, 4) is 5.75 Å². The molecule has 7 heteroatoms. The number of hydrogen-bond donors (Lipinski definition) is 3. The number of carboxylic acid groups (broad SMARTS) is 1. The summed E-state index contributed by atoms with van der Waals surface area (Å²) in [5.41, 5.74) is -0.414. The van der Waals surface area contributed by atoms with Crippen LogP contribution >= 0.6 is 0 Å². The van der Waals surface area contributed by atoms with Gasteiger partial charge in [0.05, 0.1) is 12.8 Å². The summed E-state index contributed by atoms with van der Waals surface area (Å²) in [7, 11) is 0. The quantitative estimate of drug-likeness (QED) is 0.765. The van der Waals surface area contributed by atoms with Gasteiger partial charge in [0.15, 0.2) is 0 Å². The Bertz CT molecular complexity index is 664. The average Bonchev–Trinajstić information content (AvgIpc) is 2.41. The topological polar surface area (TPSA) is 104 Å². The largest absolute Gasteiger partial charge is 0.494 e. The van der Waals surface area contributed by atoms with E-state index in [-0.39, 0.29) is 5.95 Å². The molecule has 20 heavy (non-hydrogen) atoms. The van der Waals surface area contributed by atoms with Crippen LogP contribution in [0.3, 0.4) is 0 Å². The summed E-state index contributed by atoms with van der Waals surface area (Å²) in [5.74, 6) is -0.406. The summed E-state index contributed by atoms with van der Waals surface area (Å²) in [6, 6.07) is 7.07. The molecule has 1 aromatic carbocycles. The molecule has 0 aliphatic heterocycles. The number of benzene rings is 1. The van der Waals surface area contributed by atoms with Crippen LogP contribution in [0.4, 0.5) is 11.6 Å². The van der Waals surface area contributed by atoms with Gasteiger partial charge in [0, 0.05) is 5.69 Å². The van der Waals surface area contributed by atoms with Crippen LogP contribution in [-0.2, 0) is 0 Å². The maximum atomic E-state index is 11.5. The van der Waals surface area contributed by atoms with Gasteiger partial charge in [0.1, 0.15) is 11.3 Å². The van der Waals surface area contributed by atoms with Crippen molar-refractivity contribution in [3.63, 3.8) is 0 Å². The third-order valence-electron chi connectivity index (χ3n) is 2.46. The van der Waals surface area contributed by atoms with Gasteiger partial charge in [-0.2, -0.15) is 0 Å². The highest BCUT2D eigenvalue weighted by Gasteiger charge is 2.09. The van der Waals surface area contributed by atoms with Crippen molar-refractivity contribution in [1.29, 1.82) is 0 Å². The molecule has 0 unspecified atom stereocenters. The van der Waals surface area contributed by atoms with Crippen molar-refractivity contribution in [3.05, 3.63) is 46.4 Å². The highest BCUT2D eigenvalue weighted by Crippen LogP contribution is 2.17. The van der Waals surface area contributed by atoms with Crippen LogP contribution in [0.2, 0.25) is 0 Å². The van der Waals surface area contributed by atoms with Crippen molar-refractivity contribution in [2.75, 3.05) is 11.9 Å². The zero-order valence-electron chi connectivity index (χ0n) is 10.7. The number of anilines is 2.